The molecule has 2 aromatic carbocycles. The van der Waals surface area contributed by atoms with E-state index < -0.39 is 23.0 Å². The molecule has 0 saturated heterocycles. The van der Waals surface area contributed by atoms with Gasteiger partial charge in [0.2, 0.25) is 5.91 Å². The zero-order valence-corrected chi connectivity index (χ0v) is 17.6. The van der Waals surface area contributed by atoms with Crippen molar-refractivity contribution in [2.75, 3.05) is 10.2 Å². The fourth-order valence-electron chi connectivity index (χ4n) is 4.63. The highest BCUT2D eigenvalue weighted by Crippen LogP contribution is 2.53. The van der Waals surface area contributed by atoms with E-state index in [9.17, 15) is 22.8 Å². The second-order valence-corrected chi connectivity index (χ2v) is 8.70. The molecule has 1 atom stereocenters. The highest BCUT2D eigenvalue weighted by molar-refractivity contribution is 6.04. The fraction of sp³-hybridized carbons (Fsp3) is 0.391. The summed E-state index contributed by atoms with van der Waals surface area (Å²) < 4.78 is 38.8. The maximum Gasteiger partial charge on any atom is 0.471 e. The minimum atomic E-state index is -5.03. The standard InChI is InChI=1S/C23H25F3N2O2/c1-14-9-11-16(12-10-14)22(5)13-21(3,4)28(15(2)29)19-17(22)7-6-8-18(19)27-20(30)23(24,25)26/h6-12H,13H2,1-5H3,(H,27,30). The van der Waals surface area contributed by atoms with Crippen LogP contribution in [0.3, 0.4) is 0 Å². The van der Waals surface area contributed by atoms with Crippen LogP contribution in [-0.2, 0) is 15.0 Å². The van der Waals surface area contributed by atoms with Gasteiger partial charge in [-0.2, -0.15) is 13.2 Å². The number of benzene rings is 2. The largest absolute Gasteiger partial charge is 0.471 e. The molecule has 0 radical (unpaired) electrons. The molecule has 1 unspecified atom stereocenters. The lowest BCUT2D eigenvalue weighted by Gasteiger charge is -2.51. The Morgan fingerprint density at radius 2 is 1.63 bits per heavy atom. The molecule has 1 aliphatic heterocycles. The Balaban J connectivity index is 2.28. The summed E-state index contributed by atoms with van der Waals surface area (Å²) >= 11 is 0. The lowest BCUT2D eigenvalue weighted by molar-refractivity contribution is -0.167. The van der Waals surface area contributed by atoms with Crippen molar-refractivity contribution in [2.24, 2.45) is 0 Å². The molecule has 1 heterocycles. The van der Waals surface area contributed by atoms with Gasteiger partial charge in [0.25, 0.3) is 0 Å². The highest BCUT2D eigenvalue weighted by atomic mass is 19.4. The van der Waals surface area contributed by atoms with E-state index in [1.165, 1.54) is 17.9 Å². The molecule has 4 nitrogen and oxygen atoms in total. The van der Waals surface area contributed by atoms with E-state index in [4.69, 9.17) is 0 Å². The summed E-state index contributed by atoms with van der Waals surface area (Å²) in [4.78, 5) is 25.8. The Hall–Kier alpha value is -2.83. The number of fused-ring (bicyclic) bond motifs is 1. The van der Waals surface area contributed by atoms with Gasteiger partial charge in [0, 0.05) is 17.9 Å². The highest BCUT2D eigenvalue weighted by Gasteiger charge is 2.48. The van der Waals surface area contributed by atoms with E-state index in [0.29, 0.717) is 17.7 Å². The number of alkyl halides is 3. The van der Waals surface area contributed by atoms with Gasteiger partial charge in [-0.3, -0.25) is 9.59 Å². The van der Waals surface area contributed by atoms with Crippen molar-refractivity contribution in [3.8, 4) is 0 Å². The van der Waals surface area contributed by atoms with Crippen LogP contribution in [0.1, 0.15) is 50.8 Å². The summed E-state index contributed by atoms with van der Waals surface area (Å²) in [7, 11) is 0. The summed E-state index contributed by atoms with van der Waals surface area (Å²) in [6.45, 7) is 9.14. The van der Waals surface area contributed by atoms with Crippen LogP contribution in [0.2, 0.25) is 0 Å². The molecule has 1 aliphatic rings. The van der Waals surface area contributed by atoms with E-state index in [1.54, 1.807) is 6.07 Å². The van der Waals surface area contributed by atoms with Crippen LogP contribution in [0.4, 0.5) is 24.5 Å². The summed E-state index contributed by atoms with van der Waals surface area (Å²) in [5.41, 5.74) is 1.78. The van der Waals surface area contributed by atoms with Gasteiger partial charge in [0.05, 0.1) is 11.4 Å². The summed E-state index contributed by atoms with van der Waals surface area (Å²) in [6, 6.07) is 12.8. The number of hydrogen-bond acceptors (Lipinski definition) is 2. The van der Waals surface area contributed by atoms with Crippen molar-refractivity contribution in [2.45, 2.75) is 58.2 Å². The van der Waals surface area contributed by atoms with Crippen molar-refractivity contribution < 1.29 is 22.8 Å². The molecular weight excluding hydrogens is 393 g/mol. The van der Waals surface area contributed by atoms with E-state index in [1.807, 2.05) is 63.3 Å². The van der Waals surface area contributed by atoms with Crippen LogP contribution >= 0.6 is 0 Å². The maximum atomic E-state index is 12.9. The van der Waals surface area contributed by atoms with Gasteiger partial charge in [-0.1, -0.05) is 48.9 Å². The average Bonchev–Trinajstić information content (AvgIpc) is 2.61. The molecule has 2 aromatic rings. The van der Waals surface area contributed by atoms with Crippen LogP contribution < -0.4 is 10.2 Å². The summed E-state index contributed by atoms with van der Waals surface area (Å²) in [5, 5.41) is 1.97. The third kappa shape index (κ3) is 3.68. The van der Waals surface area contributed by atoms with Gasteiger partial charge in [0.1, 0.15) is 0 Å². The molecule has 0 aromatic heterocycles. The topological polar surface area (TPSA) is 49.4 Å². The monoisotopic (exact) mass is 418 g/mol. The average molecular weight is 418 g/mol. The van der Waals surface area contributed by atoms with Crippen molar-refractivity contribution >= 4 is 23.2 Å². The third-order valence-electron chi connectivity index (χ3n) is 5.75. The zero-order valence-electron chi connectivity index (χ0n) is 17.6. The van der Waals surface area contributed by atoms with E-state index in [-0.39, 0.29) is 11.6 Å². The Morgan fingerprint density at radius 1 is 1.03 bits per heavy atom. The summed E-state index contributed by atoms with van der Waals surface area (Å²) in [5.74, 6) is -2.37. The first-order valence-electron chi connectivity index (χ1n) is 9.67. The van der Waals surface area contributed by atoms with Crippen molar-refractivity contribution in [3.05, 3.63) is 59.2 Å². The Morgan fingerprint density at radius 3 is 2.17 bits per heavy atom. The molecule has 0 saturated carbocycles. The minimum absolute atomic E-state index is 0.0314. The van der Waals surface area contributed by atoms with E-state index in [0.717, 1.165) is 11.1 Å². The number of para-hydroxylation sites is 1. The predicted octanol–water partition coefficient (Wildman–Crippen LogP) is 5.34. The molecule has 0 spiro atoms. The second-order valence-electron chi connectivity index (χ2n) is 8.70. The lowest BCUT2D eigenvalue weighted by atomic mass is 9.65. The van der Waals surface area contributed by atoms with Crippen molar-refractivity contribution in [1.29, 1.82) is 0 Å². The van der Waals surface area contributed by atoms with Crippen LogP contribution in [0.15, 0.2) is 42.5 Å². The summed E-state index contributed by atoms with van der Waals surface area (Å²) in [6.07, 6.45) is -4.47. The molecule has 0 aliphatic carbocycles. The predicted molar refractivity (Wildman–Crippen MR) is 111 cm³/mol. The van der Waals surface area contributed by atoms with Gasteiger partial charge < -0.3 is 10.2 Å². The van der Waals surface area contributed by atoms with Crippen LogP contribution in [0.25, 0.3) is 0 Å². The van der Waals surface area contributed by atoms with Crippen LogP contribution in [-0.4, -0.2) is 23.5 Å². The number of nitrogens with one attached hydrogen (secondary N) is 1. The molecule has 160 valence electrons. The van der Waals surface area contributed by atoms with Crippen LogP contribution in [0, 0.1) is 6.92 Å². The molecule has 0 bridgehead atoms. The number of aryl methyl sites for hydroxylation is 1. The Kier molecular flexibility index (Phi) is 5.21. The number of carbonyl (C=O) groups is 2. The normalized spacial score (nSPS) is 20.5. The van der Waals surface area contributed by atoms with Gasteiger partial charge in [0.15, 0.2) is 0 Å². The number of anilines is 2. The molecule has 1 N–H and O–H groups in total. The number of hydrogen-bond donors (Lipinski definition) is 1. The van der Waals surface area contributed by atoms with Gasteiger partial charge in [-0.25, -0.2) is 0 Å². The quantitative estimate of drug-likeness (QED) is 0.716. The number of halogens is 3. The van der Waals surface area contributed by atoms with E-state index in [2.05, 4.69) is 0 Å². The third-order valence-corrected chi connectivity index (χ3v) is 5.75. The number of rotatable bonds is 2. The van der Waals surface area contributed by atoms with E-state index >= 15 is 0 Å². The lowest BCUT2D eigenvalue weighted by Crippen LogP contribution is -2.55. The Bertz CT molecular complexity index is 996. The molecule has 30 heavy (non-hydrogen) atoms. The SMILES string of the molecule is CC(=O)N1c2c(NC(=O)C(F)(F)F)cccc2C(C)(c2ccc(C)cc2)CC1(C)C. The smallest absolute Gasteiger partial charge is 0.316 e. The number of nitrogens with zero attached hydrogens (tertiary/aromatic N) is 1. The number of amides is 2. The number of carbonyl (C=O) groups excluding carboxylic acids is 2. The molecule has 2 amide bonds. The first-order valence-corrected chi connectivity index (χ1v) is 9.67. The zero-order chi connectivity index (χ0) is 22.5. The first-order chi connectivity index (χ1) is 13.8. The fourth-order valence-corrected chi connectivity index (χ4v) is 4.63. The van der Waals surface area contributed by atoms with Gasteiger partial charge in [-0.15, -0.1) is 0 Å². The van der Waals surface area contributed by atoms with Crippen molar-refractivity contribution in [1.82, 2.24) is 0 Å². The molecule has 0 fully saturated rings. The minimum Gasteiger partial charge on any atom is -0.316 e. The molecule has 3 rings (SSSR count). The van der Waals surface area contributed by atoms with Crippen molar-refractivity contribution in [3.63, 3.8) is 0 Å². The molecular formula is C23H25F3N2O2. The first kappa shape index (κ1) is 21.9. The van der Waals surface area contributed by atoms with Gasteiger partial charge >= 0.3 is 12.1 Å². The Labute approximate surface area is 174 Å². The maximum absolute atomic E-state index is 12.9. The molecule has 7 heteroatoms. The van der Waals surface area contributed by atoms with Crippen LogP contribution in [0.5, 0.6) is 0 Å². The van der Waals surface area contributed by atoms with Gasteiger partial charge in [-0.05, 0) is 44.4 Å². The second kappa shape index (κ2) is 7.15.